The summed E-state index contributed by atoms with van der Waals surface area (Å²) in [6, 6.07) is -1.05. The van der Waals surface area contributed by atoms with Gasteiger partial charge in [0.05, 0.1) is 6.04 Å². The fourth-order valence-electron chi connectivity index (χ4n) is 2.34. The van der Waals surface area contributed by atoms with Gasteiger partial charge in [-0.1, -0.05) is 20.3 Å². The van der Waals surface area contributed by atoms with E-state index >= 15 is 0 Å². The van der Waals surface area contributed by atoms with Gasteiger partial charge in [0.15, 0.2) is 0 Å². The van der Waals surface area contributed by atoms with Crippen LogP contribution in [0.1, 0.15) is 44.2 Å². The maximum absolute atomic E-state index is 12.5. The third-order valence-corrected chi connectivity index (χ3v) is 4.19. The number of nitrogens with one attached hydrogen (secondary N) is 1. The molecule has 0 saturated carbocycles. The zero-order valence-electron chi connectivity index (χ0n) is 11.5. The Balaban J connectivity index is 2.30. The van der Waals surface area contributed by atoms with E-state index in [1.807, 2.05) is 13.8 Å². The van der Waals surface area contributed by atoms with Gasteiger partial charge in [-0.25, -0.2) is 9.78 Å². The first-order valence-electron chi connectivity index (χ1n) is 6.67. The zero-order valence-corrected chi connectivity index (χ0v) is 12.3. The number of barbiturate groups is 1. The molecule has 0 aromatic carbocycles. The molecule has 2 rings (SSSR count). The molecule has 108 valence electrons. The molecule has 0 radical (unpaired) electrons. The van der Waals surface area contributed by atoms with Crippen molar-refractivity contribution < 1.29 is 14.4 Å². The number of hydrogen-bond acceptors (Lipinski definition) is 5. The molecule has 1 aliphatic heterocycles. The smallest absolute Gasteiger partial charge is 0.277 e. The van der Waals surface area contributed by atoms with E-state index in [1.54, 1.807) is 11.6 Å². The summed E-state index contributed by atoms with van der Waals surface area (Å²) >= 11 is 1.40. The lowest BCUT2D eigenvalue weighted by Crippen LogP contribution is -2.58. The quantitative estimate of drug-likeness (QED) is 0.844. The number of carbonyl (C=O) groups excluding carboxylic acids is 3. The second-order valence-electron chi connectivity index (χ2n) is 4.64. The first kappa shape index (κ1) is 14.6. The van der Waals surface area contributed by atoms with Crippen LogP contribution in [-0.4, -0.2) is 27.7 Å². The number of aromatic nitrogens is 1. The van der Waals surface area contributed by atoms with E-state index in [-0.39, 0.29) is 0 Å². The molecule has 0 aliphatic carbocycles. The molecule has 2 unspecified atom stereocenters. The van der Waals surface area contributed by atoms with Crippen LogP contribution >= 0.6 is 11.3 Å². The molecule has 2 heterocycles. The Morgan fingerprint density at radius 3 is 2.70 bits per heavy atom. The van der Waals surface area contributed by atoms with Crippen LogP contribution in [0.4, 0.5) is 4.79 Å². The second kappa shape index (κ2) is 6.13. The van der Waals surface area contributed by atoms with Crippen molar-refractivity contribution >= 4 is 29.2 Å². The summed E-state index contributed by atoms with van der Waals surface area (Å²) in [5.74, 6) is -1.68. The fraction of sp³-hybridized carbons (Fsp3) is 0.538. The van der Waals surface area contributed by atoms with Gasteiger partial charge in [0.25, 0.3) is 0 Å². The lowest BCUT2D eigenvalue weighted by Gasteiger charge is -2.34. The summed E-state index contributed by atoms with van der Waals surface area (Å²) in [4.78, 5) is 41.6. The summed E-state index contributed by atoms with van der Waals surface area (Å²) in [5.41, 5.74) is 0. The molecule has 0 spiro atoms. The number of nitrogens with zero attached hydrogens (tertiary/aromatic N) is 2. The van der Waals surface area contributed by atoms with Crippen molar-refractivity contribution in [1.29, 1.82) is 0 Å². The van der Waals surface area contributed by atoms with Gasteiger partial charge in [0, 0.05) is 11.6 Å². The van der Waals surface area contributed by atoms with Crippen LogP contribution in [0.15, 0.2) is 11.6 Å². The summed E-state index contributed by atoms with van der Waals surface area (Å²) < 4.78 is 0. The van der Waals surface area contributed by atoms with Crippen molar-refractivity contribution in [3.8, 4) is 0 Å². The molecule has 0 bridgehead atoms. The average molecular weight is 295 g/mol. The van der Waals surface area contributed by atoms with Gasteiger partial charge in [-0.05, 0) is 12.8 Å². The minimum atomic E-state index is -0.772. The van der Waals surface area contributed by atoms with Gasteiger partial charge >= 0.3 is 6.03 Å². The fourth-order valence-corrected chi connectivity index (χ4v) is 3.15. The highest BCUT2D eigenvalue weighted by Gasteiger charge is 2.43. The molecule has 1 fully saturated rings. The predicted molar refractivity (Wildman–Crippen MR) is 73.9 cm³/mol. The average Bonchev–Trinajstić information content (AvgIpc) is 2.93. The van der Waals surface area contributed by atoms with Gasteiger partial charge < -0.3 is 0 Å². The van der Waals surface area contributed by atoms with Crippen molar-refractivity contribution in [2.45, 2.75) is 39.2 Å². The van der Waals surface area contributed by atoms with Crippen LogP contribution in [-0.2, 0) is 9.59 Å². The van der Waals surface area contributed by atoms with Crippen molar-refractivity contribution in [2.24, 2.45) is 5.92 Å². The SMILES string of the molecule is CCCC1C(=O)NC(=O)N(C(CC)c2nccs2)C1=O. The molecule has 7 heteroatoms. The molecule has 1 aromatic rings. The predicted octanol–water partition coefficient (Wildman–Crippen LogP) is 2.09. The second-order valence-corrected chi connectivity index (χ2v) is 5.56. The maximum Gasteiger partial charge on any atom is 0.331 e. The van der Waals surface area contributed by atoms with E-state index in [0.29, 0.717) is 24.3 Å². The van der Waals surface area contributed by atoms with Crippen LogP contribution in [0.5, 0.6) is 0 Å². The number of thiazole rings is 1. The summed E-state index contributed by atoms with van der Waals surface area (Å²) in [6.45, 7) is 3.79. The van der Waals surface area contributed by atoms with Crippen molar-refractivity contribution in [1.82, 2.24) is 15.2 Å². The normalized spacial score (nSPS) is 21.0. The largest absolute Gasteiger partial charge is 0.331 e. The number of rotatable bonds is 5. The Morgan fingerprint density at radius 1 is 1.40 bits per heavy atom. The molecule has 1 aliphatic rings. The molecule has 1 aromatic heterocycles. The number of amides is 4. The van der Waals surface area contributed by atoms with Crippen molar-refractivity contribution in [2.75, 3.05) is 0 Å². The summed E-state index contributed by atoms with van der Waals surface area (Å²) in [6.07, 6.45) is 3.37. The number of imide groups is 2. The van der Waals surface area contributed by atoms with E-state index in [2.05, 4.69) is 10.3 Å². The van der Waals surface area contributed by atoms with Gasteiger partial charge in [-0.3, -0.25) is 19.8 Å². The molecule has 4 amide bonds. The highest BCUT2D eigenvalue weighted by molar-refractivity contribution is 7.09. The molecule has 1 saturated heterocycles. The molecule has 1 N–H and O–H groups in total. The minimum absolute atomic E-state index is 0.407. The highest BCUT2D eigenvalue weighted by atomic mass is 32.1. The number of carbonyl (C=O) groups is 3. The lowest BCUT2D eigenvalue weighted by molar-refractivity contribution is -0.144. The van der Waals surface area contributed by atoms with Crippen LogP contribution in [0.3, 0.4) is 0 Å². The molecule has 6 nitrogen and oxygen atoms in total. The number of urea groups is 1. The molecular weight excluding hydrogens is 278 g/mol. The van der Waals surface area contributed by atoms with Gasteiger partial charge in [0.2, 0.25) is 11.8 Å². The van der Waals surface area contributed by atoms with E-state index in [1.165, 1.54) is 11.3 Å². The first-order chi connectivity index (χ1) is 9.60. The maximum atomic E-state index is 12.5. The monoisotopic (exact) mass is 295 g/mol. The summed E-state index contributed by atoms with van der Waals surface area (Å²) in [7, 11) is 0. The third-order valence-electron chi connectivity index (χ3n) is 3.31. The molecule has 20 heavy (non-hydrogen) atoms. The Hall–Kier alpha value is -1.76. The van der Waals surface area contributed by atoms with Crippen LogP contribution in [0, 0.1) is 5.92 Å². The van der Waals surface area contributed by atoms with Crippen molar-refractivity contribution in [3.05, 3.63) is 16.6 Å². The van der Waals surface area contributed by atoms with Crippen LogP contribution < -0.4 is 5.32 Å². The van der Waals surface area contributed by atoms with Crippen LogP contribution in [0.2, 0.25) is 0 Å². The third kappa shape index (κ3) is 2.58. The van der Waals surface area contributed by atoms with Crippen molar-refractivity contribution in [3.63, 3.8) is 0 Å². The first-order valence-corrected chi connectivity index (χ1v) is 7.55. The van der Waals surface area contributed by atoms with Gasteiger partial charge in [-0.15, -0.1) is 11.3 Å². The minimum Gasteiger partial charge on any atom is -0.277 e. The topological polar surface area (TPSA) is 79.4 Å². The Bertz CT molecular complexity index is 515. The lowest BCUT2D eigenvalue weighted by atomic mass is 9.98. The molecular formula is C13H17N3O3S. The van der Waals surface area contributed by atoms with E-state index in [4.69, 9.17) is 0 Å². The molecule has 2 atom stereocenters. The highest BCUT2D eigenvalue weighted by Crippen LogP contribution is 2.30. The Labute approximate surface area is 121 Å². The Morgan fingerprint density at radius 2 is 2.15 bits per heavy atom. The number of hydrogen-bond donors (Lipinski definition) is 1. The van der Waals surface area contributed by atoms with E-state index in [9.17, 15) is 14.4 Å². The Kier molecular flexibility index (Phi) is 4.49. The van der Waals surface area contributed by atoms with Gasteiger partial charge in [0.1, 0.15) is 10.9 Å². The van der Waals surface area contributed by atoms with E-state index < -0.39 is 29.8 Å². The zero-order chi connectivity index (χ0) is 14.7. The van der Waals surface area contributed by atoms with Gasteiger partial charge in [-0.2, -0.15) is 0 Å². The summed E-state index contributed by atoms with van der Waals surface area (Å²) in [5, 5.41) is 4.79. The van der Waals surface area contributed by atoms with E-state index in [0.717, 1.165) is 4.90 Å². The standard InChI is InChI=1S/C13H17N3O3S/c1-3-5-8-10(17)15-13(19)16(12(8)18)9(4-2)11-14-6-7-20-11/h6-9H,3-5H2,1-2H3,(H,15,17,19). The van der Waals surface area contributed by atoms with Crippen LogP contribution in [0.25, 0.3) is 0 Å².